The van der Waals surface area contributed by atoms with Crippen molar-refractivity contribution in [2.24, 2.45) is 0 Å². The van der Waals surface area contributed by atoms with Gasteiger partial charge in [-0.2, -0.15) is 0 Å². The summed E-state index contributed by atoms with van der Waals surface area (Å²) in [6.45, 7) is 3.95. The first-order chi connectivity index (χ1) is 14.7. The second-order valence-electron chi connectivity index (χ2n) is 7.26. The third-order valence-corrected chi connectivity index (χ3v) is 5.41. The molecule has 2 atom stereocenters. The predicted octanol–water partition coefficient (Wildman–Crippen LogP) is 7.37. The smallest absolute Gasteiger partial charge is 0.335 e. The normalized spacial score (nSPS) is 12.3. The average molecular weight is 459 g/mol. The lowest BCUT2D eigenvalue weighted by molar-refractivity contribution is 0.0685. The van der Waals surface area contributed by atoms with Gasteiger partial charge in [0.25, 0.3) is 0 Å². The number of rotatable bonds is 6. The molecule has 4 nitrogen and oxygen atoms in total. The number of carboxylic acids is 2. The van der Waals surface area contributed by atoms with Crippen LogP contribution in [-0.4, -0.2) is 22.2 Å². The lowest BCUT2D eigenvalue weighted by atomic mass is 9.84. The van der Waals surface area contributed by atoms with E-state index in [2.05, 4.69) is 0 Å². The van der Waals surface area contributed by atoms with Gasteiger partial charge in [0.1, 0.15) is 0 Å². The van der Waals surface area contributed by atoms with Crippen molar-refractivity contribution in [2.45, 2.75) is 32.1 Å². The highest BCUT2D eigenvalue weighted by Gasteiger charge is 2.20. The summed E-state index contributed by atoms with van der Waals surface area (Å²) < 4.78 is 0. The van der Waals surface area contributed by atoms with E-state index >= 15 is 0 Å². The molecule has 0 saturated heterocycles. The monoisotopic (exact) mass is 458 g/mol. The van der Waals surface area contributed by atoms with E-state index in [4.69, 9.17) is 23.2 Å². The van der Waals surface area contributed by atoms with Gasteiger partial charge in [-0.3, -0.25) is 0 Å². The van der Waals surface area contributed by atoms with Crippen molar-refractivity contribution in [3.63, 3.8) is 0 Å². The SMILES string of the molecule is CC(CC(C)c1ccccc1C(=O)O)c1ccccc1C(=O)O.Clc1cccc(Cl)c1. The largest absolute Gasteiger partial charge is 0.478 e. The van der Waals surface area contributed by atoms with Gasteiger partial charge in [0.2, 0.25) is 0 Å². The first kappa shape index (κ1) is 24.4. The minimum Gasteiger partial charge on any atom is -0.478 e. The Kier molecular flexibility index (Phi) is 9.10. The minimum absolute atomic E-state index is 0.0131. The number of carbonyl (C=O) groups is 2. The van der Waals surface area contributed by atoms with Gasteiger partial charge in [-0.25, -0.2) is 9.59 Å². The first-order valence-corrected chi connectivity index (χ1v) is 10.5. The molecule has 0 bridgehead atoms. The molecule has 0 aliphatic rings. The van der Waals surface area contributed by atoms with Crippen molar-refractivity contribution in [1.29, 1.82) is 0 Å². The van der Waals surface area contributed by atoms with Gasteiger partial charge in [0.05, 0.1) is 11.1 Å². The van der Waals surface area contributed by atoms with Crippen molar-refractivity contribution < 1.29 is 19.8 Å². The lowest BCUT2D eigenvalue weighted by Crippen LogP contribution is -2.10. The van der Waals surface area contributed by atoms with Crippen LogP contribution in [0.4, 0.5) is 0 Å². The van der Waals surface area contributed by atoms with Gasteiger partial charge in [0.15, 0.2) is 0 Å². The standard InChI is InChI=1S/C19H20O4.C6H4Cl2/c1-12(14-7-3-5-9-16(14)18(20)21)11-13(2)15-8-4-6-10-17(15)19(22)23;7-5-2-1-3-6(8)4-5/h3-10,12-13H,11H2,1-2H3,(H,20,21)(H,22,23);1-4H. The summed E-state index contributed by atoms with van der Waals surface area (Å²) in [6.07, 6.45) is 0.675. The Morgan fingerprint density at radius 2 is 1.10 bits per heavy atom. The maximum Gasteiger partial charge on any atom is 0.335 e. The van der Waals surface area contributed by atoms with Gasteiger partial charge in [-0.1, -0.05) is 79.5 Å². The van der Waals surface area contributed by atoms with Crippen LogP contribution in [0, 0.1) is 0 Å². The minimum atomic E-state index is -0.939. The molecule has 3 aromatic rings. The molecule has 0 saturated carbocycles. The molecule has 31 heavy (non-hydrogen) atoms. The molecule has 2 unspecified atom stereocenters. The summed E-state index contributed by atoms with van der Waals surface area (Å²) in [5.41, 5.74) is 2.16. The molecule has 0 spiro atoms. The highest BCUT2D eigenvalue weighted by atomic mass is 35.5. The fourth-order valence-electron chi connectivity index (χ4n) is 3.49. The molecule has 0 radical (unpaired) electrons. The number of hydrogen-bond donors (Lipinski definition) is 2. The van der Waals surface area contributed by atoms with Crippen molar-refractivity contribution in [3.8, 4) is 0 Å². The van der Waals surface area contributed by atoms with Gasteiger partial charge >= 0.3 is 11.9 Å². The Bertz CT molecular complexity index is 970. The highest BCUT2D eigenvalue weighted by molar-refractivity contribution is 6.34. The number of hydrogen-bond acceptors (Lipinski definition) is 2. The van der Waals surface area contributed by atoms with E-state index in [0.29, 0.717) is 27.6 Å². The maximum atomic E-state index is 11.3. The highest BCUT2D eigenvalue weighted by Crippen LogP contribution is 2.32. The van der Waals surface area contributed by atoms with Gasteiger partial charge in [-0.15, -0.1) is 0 Å². The lowest BCUT2D eigenvalue weighted by Gasteiger charge is -2.20. The summed E-state index contributed by atoms with van der Waals surface area (Å²) >= 11 is 11.1. The Morgan fingerprint density at radius 3 is 1.42 bits per heavy atom. The zero-order valence-corrected chi connectivity index (χ0v) is 18.8. The molecule has 2 N–H and O–H groups in total. The fraction of sp³-hybridized carbons (Fsp3) is 0.200. The predicted molar refractivity (Wildman–Crippen MR) is 125 cm³/mol. The second kappa shape index (κ2) is 11.5. The van der Waals surface area contributed by atoms with Crippen LogP contribution in [0.2, 0.25) is 10.0 Å². The van der Waals surface area contributed by atoms with E-state index in [1.165, 1.54) is 0 Å². The van der Waals surface area contributed by atoms with Gasteiger partial charge in [0, 0.05) is 10.0 Å². The summed E-state index contributed by atoms with van der Waals surface area (Å²) in [5, 5.41) is 20.0. The van der Waals surface area contributed by atoms with E-state index in [1.54, 1.807) is 42.5 Å². The maximum absolute atomic E-state index is 11.3. The number of carboxylic acid groups (broad SMARTS) is 2. The molecule has 3 aromatic carbocycles. The number of benzene rings is 3. The van der Waals surface area contributed by atoms with E-state index in [-0.39, 0.29) is 11.8 Å². The van der Waals surface area contributed by atoms with Crippen LogP contribution < -0.4 is 0 Å². The molecular formula is C25H24Cl2O4. The van der Waals surface area contributed by atoms with Gasteiger partial charge in [-0.05, 0) is 59.7 Å². The van der Waals surface area contributed by atoms with E-state index in [9.17, 15) is 19.8 Å². The zero-order valence-electron chi connectivity index (χ0n) is 17.3. The molecule has 6 heteroatoms. The first-order valence-electron chi connectivity index (χ1n) is 9.76. The number of aromatic carboxylic acids is 2. The Morgan fingerprint density at radius 1 is 0.710 bits per heavy atom. The molecule has 0 fully saturated rings. The average Bonchev–Trinajstić information content (AvgIpc) is 2.73. The Hall–Kier alpha value is -2.82. The van der Waals surface area contributed by atoms with Crippen molar-refractivity contribution in [1.82, 2.24) is 0 Å². The number of halogens is 2. The topological polar surface area (TPSA) is 74.6 Å². The molecule has 0 aliphatic carbocycles. The molecule has 3 rings (SSSR count). The summed E-state index contributed by atoms with van der Waals surface area (Å²) in [4.78, 5) is 22.7. The van der Waals surface area contributed by atoms with Crippen LogP contribution in [0.25, 0.3) is 0 Å². The zero-order chi connectivity index (χ0) is 23.0. The third kappa shape index (κ3) is 7.12. The van der Waals surface area contributed by atoms with Crippen LogP contribution in [0.5, 0.6) is 0 Å². The molecule has 0 aliphatic heterocycles. The van der Waals surface area contributed by atoms with Crippen LogP contribution in [0.1, 0.15) is 63.9 Å². The molecule has 162 valence electrons. The van der Waals surface area contributed by atoms with Gasteiger partial charge < -0.3 is 10.2 Å². The summed E-state index contributed by atoms with van der Waals surface area (Å²) in [5.74, 6) is -1.85. The van der Waals surface area contributed by atoms with Crippen molar-refractivity contribution in [3.05, 3.63) is 105 Å². The van der Waals surface area contributed by atoms with Crippen molar-refractivity contribution >= 4 is 35.1 Å². The fourth-order valence-corrected chi connectivity index (χ4v) is 3.92. The quantitative estimate of drug-likeness (QED) is 0.404. The molecule has 0 heterocycles. The van der Waals surface area contributed by atoms with Crippen LogP contribution in [0.3, 0.4) is 0 Å². The summed E-state index contributed by atoms with van der Waals surface area (Å²) in [6, 6.07) is 21.0. The molecule has 0 amide bonds. The Balaban J connectivity index is 0.000000357. The van der Waals surface area contributed by atoms with E-state index < -0.39 is 11.9 Å². The van der Waals surface area contributed by atoms with Crippen molar-refractivity contribution in [2.75, 3.05) is 0 Å². The Labute approximate surface area is 192 Å². The summed E-state index contributed by atoms with van der Waals surface area (Å²) in [7, 11) is 0. The van der Waals surface area contributed by atoms with Crippen LogP contribution in [-0.2, 0) is 0 Å². The van der Waals surface area contributed by atoms with E-state index in [1.807, 2.05) is 44.2 Å². The third-order valence-electron chi connectivity index (χ3n) is 4.94. The van der Waals surface area contributed by atoms with Crippen LogP contribution >= 0.6 is 23.2 Å². The van der Waals surface area contributed by atoms with Crippen LogP contribution in [0.15, 0.2) is 72.8 Å². The molecular weight excluding hydrogens is 435 g/mol. The van der Waals surface area contributed by atoms with E-state index in [0.717, 1.165) is 11.1 Å². The molecule has 0 aromatic heterocycles. The second-order valence-corrected chi connectivity index (χ2v) is 8.14.